The smallest absolute Gasteiger partial charge is 0.330 e. The van der Waals surface area contributed by atoms with Crippen molar-refractivity contribution in [1.29, 1.82) is 0 Å². The molecule has 0 fully saturated rings. The first-order chi connectivity index (χ1) is 13.7. The predicted octanol–water partition coefficient (Wildman–Crippen LogP) is 4.53. The van der Waals surface area contributed by atoms with Gasteiger partial charge >= 0.3 is 5.71 Å². The zero-order valence-corrected chi connectivity index (χ0v) is 17.7. The van der Waals surface area contributed by atoms with Crippen LogP contribution in [0.2, 0.25) is 0 Å². The van der Waals surface area contributed by atoms with Crippen molar-refractivity contribution in [1.82, 2.24) is 0 Å². The summed E-state index contributed by atoms with van der Waals surface area (Å²) in [4.78, 5) is 3.68. The Kier molecular flexibility index (Phi) is 5.87. The number of hydrogen-bond acceptors (Lipinski definition) is 0. The Labute approximate surface area is 174 Å². The summed E-state index contributed by atoms with van der Waals surface area (Å²) in [7, 11) is 0. The topological polar surface area (TPSA) is 36.4 Å². The lowest BCUT2D eigenvalue weighted by atomic mass is 9.80. The lowest BCUT2D eigenvalue weighted by Crippen LogP contribution is -2.17. The third-order valence-corrected chi connectivity index (χ3v) is 5.65. The molecule has 2 rings (SSSR count). The minimum Gasteiger partial charge on any atom is -0.361 e. The quantitative estimate of drug-likeness (QED) is 0.321. The number of rotatable bonds is 2. The molecule has 0 spiro atoms. The minimum atomic E-state index is 0.357. The van der Waals surface area contributed by atoms with Crippen molar-refractivity contribution in [2.75, 3.05) is 0 Å². The average Bonchev–Trinajstić information content (AvgIpc) is 2.68. The van der Waals surface area contributed by atoms with Crippen LogP contribution in [0.5, 0.6) is 0 Å². The van der Waals surface area contributed by atoms with Gasteiger partial charge < -0.3 is 5.53 Å². The van der Waals surface area contributed by atoms with Crippen LogP contribution < -0.4 is 0 Å². The van der Waals surface area contributed by atoms with Gasteiger partial charge in [-0.05, 0) is 74.9 Å². The minimum absolute atomic E-state index is 0.357. The zero-order chi connectivity index (χ0) is 22.0. The standard InChI is InChI=1S/C27H22N2/c1-11-21-15(5)22(12-2)18(8)25(17(21)7)27(29-28)26-19(9)23(13-3)16(6)24(14-4)20(26)10/h1-4H,5-10H3. The zero-order valence-electron chi connectivity index (χ0n) is 17.7. The van der Waals surface area contributed by atoms with Gasteiger partial charge in [-0.1, -0.05) is 23.7 Å². The monoisotopic (exact) mass is 374 g/mol. The van der Waals surface area contributed by atoms with Crippen molar-refractivity contribution in [3.05, 3.63) is 72.3 Å². The highest BCUT2D eigenvalue weighted by atomic mass is 14.9. The van der Waals surface area contributed by atoms with Gasteiger partial charge in [0.05, 0.1) is 11.1 Å². The van der Waals surface area contributed by atoms with Gasteiger partial charge in [0.15, 0.2) is 0 Å². The molecule has 2 aromatic rings. The second-order valence-corrected chi connectivity index (χ2v) is 7.03. The second kappa shape index (κ2) is 7.97. The van der Waals surface area contributed by atoms with Crippen LogP contribution in [-0.2, 0) is 0 Å². The van der Waals surface area contributed by atoms with E-state index in [1.807, 2.05) is 41.5 Å². The van der Waals surface area contributed by atoms with Crippen molar-refractivity contribution in [2.24, 2.45) is 0 Å². The second-order valence-electron chi connectivity index (χ2n) is 7.03. The summed E-state index contributed by atoms with van der Waals surface area (Å²) in [5.74, 6) is 10.9. The molecule has 0 aromatic heterocycles. The van der Waals surface area contributed by atoms with Crippen LogP contribution >= 0.6 is 0 Å². The molecule has 0 N–H and O–H groups in total. The molecule has 0 unspecified atom stereocenters. The Morgan fingerprint density at radius 3 is 0.966 bits per heavy atom. The molecule has 0 bridgehead atoms. The van der Waals surface area contributed by atoms with Gasteiger partial charge in [0.1, 0.15) is 0 Å². The molecular weight excluding hydrogens is 352 g/mol. The van der Waals surface area contributed by atoms with E-state index in [0.29, 0.717) is 39.1 Å². The molecule has 0 heterocycles. The molecule has 0 amide bonds. The van der Waals surface area contributed by atoms with Crippen molar-refractivity contribution in [3.63, 3.8) is 0 Å². The lowest BCUT2D eigenvalue weighted by molar-refractivity contribution is -0.00296. The number of terminal acetylenes is 4. The fourth-order valence-electron chi connectivity index (χ4n) is 4.24. The lowest BCUT2D eigenvalue weighted by Gasteiger charge is -2.18. The first-order valence-corrected chi connectivity index (χ1v) is 9.08. The highest BCUT2D eigenvalue weighted by Gasteiger charge is 2.30. The number of benzene rings is 2. The van der Waals surface area contributed by atoms with Crippen LogP contribution in [0.15, 0.2) is 0 Å². The summed E-state index contributed by atoms with van der Waals surface area (Å²) in [6.45, 7) is 11.4. The number of hydrogen-bond donors (Lipinski definition) is 0. The van der Waals surface area contributed by atoms with E-state index in [0.717, 1.165) is 33.4 Å². The fourth-order valence-corrected chi connectivity index (χ4v) is 4.24. The summed E-state index contributed by atoms with van der Waals surface area (Å²) in [5.41, 5.74) is 19.6. The van der Waals surface area contributed by atoms with E-state index in [1.54, 1.807) is 0 Å². The molecule has 0 atom stereocenters. The third-order valence-electron chi connectivity index (χ3n) is 5.65. The van der Waals surface area contributed by atoms with E-state index in [-0.39, 0.29) is 0 Å². The largest absolute Gasteiger partial charge is 0.361 e. The molecule has 140 valence electrons. The van der Waals surface area contributed by atoms with Crippen molar-refractivity contribution in [3.8, 4) is 49.4 Å². The van der Waals surface area contributed by atoms with Gasteiger partial charge in [0.25, 0.3) is 0 Å². The SMILES string of the molecule is C#Cc1c(C)c(C#C)c(C)c(C(=[N+]=[N-])c2c(C)c(C#C)c(C)c(C#C)c2C)c1C. The maximum absolute atomic E-state index is 10.1. The first kappa shape index (κ1) is 21.4. The van der Waals surface area contributed by atoms with Crippen molar-refractivity contribution < 1.29 is 4.79 Å². The summed E-state index contributed by atoms with van der Waals surface area (Å²) in [6.07, 6.45) is 23.1. The van der Waals surface area contributed by atoms with Gasteiger partial charge in [-0.2, -0.15) is 4.79 Å². The van der Waals surface area contributed by atoms with Crippen LogP contribution in [-0.4, -0.2) is 10.5 Å². The Balaban J connectivity index is 3.15. The average molecular weight is 374 g/mol. The molecule has 0 saturated heterocycles. The molecule has 2 heteroatoms. The van der Waals surface area contributed by atoms with Gasteiger partial charge in [0, 0.05) is 22.3 Å². The fraction of sp³-hybridized carbons (Fsp3) is 0.222. The molecule has 2 aromatic carbocycles. The van der Waals surface area contributed by atoms with Gasteiger partial charge in [-0.3, -0.25) is 0 Å². The van der Waals surface area contributed by atoms with Crippen LogP contribution in [0.4, 0.5) is 0 Å². The molecule has 0 aliphatic rings. The molecule has 2 nitrogen and oxygen atoms in total. The van der Waals surface area contributed by atoms with Crippen LogP contribution in [0.3, 0.4) is 0 Å². The maximum atomic E-state index is 10.1. The summed E-state index contributed by atoms with van der Waals surface area (Å²) in [6, 6.07) is 0. The van der Waals surface area contributed by atoms with Crippen LogP contribution in [0, 0.1) is 90.9 Å². The van der Waals surface area contributed by atoms with Gasteiger partial charge in [-0.15, -0.1) is 25.7 Å². The molecule has 0 aliphatic heterocycles. The highest BCUT2D eigenvalue weighted by Crippen LogP contribution is 2.32. The Morgan fingerprint density at radius 2 is 0.793 bits per heavy atom. The van der Waals surface area contributed by atoms with E-state index in [9.17, 15) is 5.53 Å². The molecule has 0 saturated carbocycles. The molecule has 29 heavy (non-hydrogen) atoms. The Hall–Kier alpha value is -3.94. The van der Waals surface area contributed by atoms with Crippen molar-refractivity contribution >= 4 is 5.71 Å². The molecule has 0 aliphatic carbocycles. The normalized spacial score (nSPS) is 9.59. The van der Waals surface area contributed by atoms with Gasteiger partial charge in [-0.25, -0.2) is 0 Å². The van der Waals surface area contributed by atoms with Crippen LogP contribution in [0.25, 0.3) is 5.53 Å². The van der Waals surface area contributed by atoms with Gasteiger partial charge in [0.2, 0.25) is 0 Å². The Morgan fingerprint density at radius 1 is 0.552 bits per heavy atom. The van der Waals surface area contributed by atoms with E-state index >= 15 is 0 Å². The molecular formula is C27H22N2. The van der Waals surface area contributed by atoms with E-state index in [4.69, 9.17) is 25.7 Å². The van der Waals surface area contributed by atoms with E-state index in [2.05, 4.69) is 28.5 Å². The summed E-state index contributed by atoms with van der Waals surface area (Å²) in [5, 5.41) is 0. The predicted molar refractivity (Wildman–Crippen MR) is 120 cm³/mol. The number of nitrogens with zero attached hydrogens (tertiary/aromatic N) is 2. The summed E-state index contributed by atoms with van der Waals surface area (Å²) < 4.78 is 0. The highest BCUT2D eigenvalue weighted by molar-refractivity contribution is 6.14. The maximum Gasteiger partial charge on any atom is 0.330 e. The Bertz CT molecular complexity index is 1110. The third kappa shape index (κ3) is 3.04. The first-order valence-electron chi connectivity index (χ1n) is 9.08. The van der Waals surface area contributed by atoms with Crippen molar-refractivity contribution in [2.45, 2.75) is 41.5 Å². The molecule has 0 radical (unpaired) electrons. The summed E-state index contributed by atoms with van der Waals surface area (Å²) >= 11 is 0. The van der Waals surface area contributed by atoms with Crippen LogP contribution in [0.1, 0.15) is 66.8 Å². The van der Waals surface area contributed by atoms with E-state index in [1.165, 1.54) is 0 Å². The van der Waals surface area contributed by atoms with E-state index < -0.39 is 0 Å².